The van der Waals surface area contributed by atoms with E-state index in [0.717, 1.165) is 6.54 Å². The Morgan fingerprint density at radius 1 is 1.09 bits per heavy atom. The van der Waals surface area contributed by atoms with Crippen molar-refractivity contribution in [2.45, 2.75) is 32.6 Å². The summed E-state index contributed by atoms with van der Waals surface area (Å²) in [6.07, 6.45) is 5.02. The molecule has 0 aliphatic carbocycles. The fourth-order valence-electron chi connectivity index (χ4n) is 1.20. The van der Waals surface area contributed by atoms with Gasteiger partial charge in [0.15, 0.2) is 0 Å². The van der Waals surface area contributed by atoms with Crippen LogP contribution in [0.2, 0.25) is 0 Å². The molecule has 0 unspecified atom stereocenters. The van der Waals surface area contributed by atoms with Crippen molar-refractivity contribution >= 4 is 0 Å². The zero-order chi connectivity index (χ0) is 8.53. The van der Waals surface area contributed by atoms with Crippen molar-refractivity contribution in [2.75, 3.05) is 26.7 Å². The first-order valence-electron chi connectivity index (χ1n) is 4.70. The van der Waals surface area contributed by atoms with Gasteiger partial charge < -0.3 is 10.6 Å². The summed E-state index contributed by atoms with van der Waals surface area (Å²) >= 11 is 0. The Morgan fingerprint density at radius 3 is 2.36 bits per heavy atom. The highest BCUT2D eigenvalue weighted by molar-refractivity contribution is 4.50. The molecule has 0 saturated carbocycles. The van der Waals surface area contributed by atoms with E-state index in [-0.39, 0.29) is 0 Å². The van der Waals surface area contributed by atoms with E-state index in [1.807, 2.05) is 0 Å². The second kappa shape index (κ2) is 8.02. The highest BCUT2D eigenvalue weighted by Crippen LogP contribution is 1.96. The van der Waals surface area contributed by atoms with E-state index in [1.165, 1.54) is 38.8 Å². The van der Waals surface area contributed by atoms with E-state index < -0.39 is 0 Å². The summed E-state index contributed by atoms with van der Waals surface area (Å²) in [6.45, 7) is 5.52. The lowest BCUT2D eigenvalue weighted by atomic mass is 10.2. The summed E-state index contributed by atoms with van der Waals surface area (Å²) in [6, 6.07) is 0. The van der Waals surface area contributed by atoms with Crippen LogP contribution in [-0.4, -0.2) is 31.6 Å². The van der Waals surface area contributed by atoms with Crippen LogP contribution in [0.3, 0.4) is 0 Å². The van der Waals surface area contributed by atoms with Crippen LogP contribution in [0, 0.1) is 0 Å². The van der Waals surface area contributed by atoms with Gasteiger partial charge in [0.25, 0.3) is 0 Å². The Labute approximate surface area is 70.8 Å². The number of nitrogens with zero attached hydrogens (tertiary/aromatic N) is 1. The van der Waals surface area contributed by atoms with Gasteiger partial charge in [-0.05, 0) is 45.9 Å². The Morgan fingerprint density at radius 2 is 1.82 bits per heavy atom. The number of unbranched alkanes of at least 4 members (excludes halogenated alkanes) is 2. The van der Waals surface area contributed by atoms with E-state index in [2.05, 4.69) is 18.9 Å². The summed E-state index contributed by atoms with van der Waals surface area (Å²) in [7, 11) is 2.19. The maximum Gasteiger partial charge on any atom is -0.00218 e. The smallest absolute Gasteiger partial charge is 0.00218 e. The number of nitrogens with two attached hydrogens (primary N) is 1. The molecule has 0 aromatic heterocycles. The molecule has 0 amide bonds. The predicted molar refractivity (Wildman–Crippen MR) is 50.7 cm³/mol. The van der Waals surface area contributed by atoms with Crippen molar-refractivity contribution in [3.63, 3.8) is 0 Å². The zero-order valence-corrected chi connectivity index (χ0v) is 7.97. The van der Waals surface area contributed by atoms with Crippen LogP contribution in [0.1, 0.15) is 32.6 Å². The fourth-order valence-corrected chi connectivity index (χ4v) is 1.20. The van der Waals surface area contributed by atoms with Gasteiger partial charge in [0.1, 0.15) is 0 Å². The molecule has 2 heteroatoms. The third kappa shape index (κ3) is 7.82. The third-order valence-electron chi connectivity index (χ3n) is 1.85. The fraction of sp³-hybridized carbons (Fsp3) is 1.00. The maximum atomic E-state index is 5.39. The number of hydrogen-bond donors (Lipinski definition) is 1. The van der Waals surface area contributed by atoms with Gasteiger partial charge in [0.05, 0.1) is 0 Å². The second-order valence-electron chi connectivity index (χ2n) is 3.15. The van der Waals surface area contributed by atoms with Crippen LogP contribution in [0.15, 0.2) is 0 Å². The Bertz CT molecular complexity index is 74.0. The third-order valence-corrected chi connectivity index (χ3v) is 1.85. The highest BCUT2D eigenvalue weighted by atomic mass is 15.1. The summed E-state index contributed by atoms with van der Waals surface area (Å²) in [5.74, 6) is 0. The van der Waals surface area contributed by atoms with Gasteiger partial charge in [-0.1, -0.05) is 13.3 Å². The molecule has 0 aliphatic heterocycles. The number of hydrogen-bond acceptors (Lipinski definition) is 2. The van der Waals surface area contributed by atoms with Gasteiger partial charge in [-0.25, -0.2) is 0 Å². The Hall–Kier alpha value is -0.0800. The predicted octanol–water partition coefficient (Wildman–Crippen LogP) is 1.46. The summed E-state index contributed by atoms with van der Waals surface area (Å²) in [4.78, 5) is 2.39. The van der Waals surface area contributed by atoms with Crippen molar-refractivity contribution in [3.8, 4) is 0 Å². The minimum Gasteiger partial charge on any atom is -0.330 e. The van der Waals surface area contributed by atoms with Crippen LogP contribution < -0.4 is 5.73 Å². The van der Waals surface area contributed by atoms with Crippen LogP contribution >= 0.6 is 0 Å². The lowest BCUT2D eigenvalue weighted by Crippen LogP contribution is -2.20. The quantitative estimate of drug-likeness (QED) is 0.568. The average Bonchev–Trinajstić information content (AvgIpc) is 1.99. The summed E-state index contributed by atoms with van der Waals surface area (Å²) in [5.41, 5.74) is 5.39. The average molecular weight is 158 g/mol. The van der Waals surface area contributed by atoms with E-state index in [1.54, 1.807) is 0 Å². The molecular weight excluding hydrogens is 136 g/mol. The van der Waals surface area contributed by atoms with E-state index in [4.69, 9.17) is 5.73 Å². The lowest BCUT2D eigenvalue weighted by molar-refractivity contribution is 0.325. The van der Waals surface area contributed by atoms with Gasteiger partial charge in [-0.15, -0.1) is 0 Å². The standard InChI is InChI=1S/C9H22N2/c1-3-8-11(2)9-6-4-5-7-10/h3-10H2,1-2H3. The van der Waals surface area contributed by atoms with Gasteiger partial charge in [-0.3, -0.25) is 0 Å². The van der Waals surface area contributed by atoms with Crippen molar-refractivity contribution in [2.24, 2.45) is 5.73 Å². The maximum absolute atomic E-state index is 5.39. The molecule has 0 atom stereocenters. The normalized spacial score (nSPS) is 10.9. The minimum absolute atomic E-state index is 0.845. The molecule has 2 N–H and O–H groups in total. The van der Waals surface area contributed by atoms with E-state index in [9.17, 15) is 0 Å². The molecule has 11 heavy (non-hydrogen) atoms. The largest absolute Gasteiger partial charge is 0.330 e. The van der Waals surface area contributed by atoms with Gasteiger partial charge in [0, 0.05) is 0 Å². The first-order chi connectivity index (χ1) is 5.31. The highest BCUT2D eigenvalue weighted by Gasteiger charge is 1.94. The number of rotatable bonds is 7. The molecule has 0 aromatic rings. The van der Waals surface area contributed by atoms with Gasteiger partial charge >= 0.3 is 0 Å². The molecule has 0 bridgehead atoms. The molecule has 0 radical (unpaired) electrons. The molecule has 0 heterocycles. The van der Waals surface area contributed by atoms with Crippen LogP contribution in [-0.2, 0) is 0 Å². The van der Waals surface area contributed by atoms with Crippen LogP contribution in [0.25, 0.3) is 0 Å². The van der Waals surface area contributed by atoms with E-state index >= 15 is 0 Å². The van der Waals surface area contributed by atoms with Crippen molar-refractivity contribution < 1.29 is 0 Å². The summed E-state index contributed by atoms with van der Waals surface area (Å²) < 4.78 is 0. The van der Waals surface area contributed by atoms with E-state index in [0.29, 0.717) is 0 Å². The molecule has 0 rings (SSSR count). The summed E-state index contributed by atoms with van der Waals surface area (Å²) in [5, 5.41) is 0. The molecule has 0 aliphatic rings. The van der Waals surface area contributed by atoms with Crippen LogP contribution in [0.5, 0.6) is 0 Å². The molecule has 0 fully saturated rings. The molecule has 2 nitrogen and oxygen atoms in total. The topological polar surface area (TPSA) is 29.3 Å². The van der Waals surface area contributed by atoms with Gasteiger partial charge in [0.2, 0.25) is 0 Å². The first-order valence-corrected chi connectivity index (χ1v) is 4.70. The molecule has 0 aromatic carbocycles. The minimum atomic E-state index is 0.845. The molecular formula is C9H22N2. The van der Waals surface area contributed by atoms with Crippen molar-refractivity contribution in [1.29, 1.82) is 0 Å². The Kier molecular flexibility index (Phi) is 7.96. The first kappa shape index (κ1) is 10.9. The Balaban J connectivity index is 2.97. The van der Waals surface area contributed by atoms with Crippen LogP contribution in [0.4, 0.5) is 0 Å². The lowest BCUT2D eigenvalue weighted by Gasteiger charge is -2.14. The van der Waals surface area contributed by atoms with Crippen molar-refractivity contribution in [1.82, 2.24) is 4.90 Å². The molecule has 68 valence electrons. The monoisotopic (exact) mass is 158 g/mol. The zero-order valence-electron chi connectivity index (χ0n) is 7.97. The SMILES string of the molecule is CCCN(C)CCCCCN. The second-order valence-corrected chi connectivity index (χ2v) is 3.15. The molecule has 0 saturated heterocycles. The van der Waals surface area contributed by atoms with Crippen molar-refractivity contribution in [3.05, 3.63) is 0 Å². The molecule has 0 spiro atoms. The van der Waals surface area contributed by atoms with Gasteiger partial charge in [-0.2, -0.15) is 0 Å².